The number of carbonyl (C=O) groups excluding carboxylic acids is 2. The third-order valence-electron chi connectivity index (χ3n) is 4.37. The van der Waals surface area contributed by atoms with Crippen LogP contribution in [-0.2, 0) is 22.6 Å². The molecule has 0 aliphatic heterocycles. The van der Waals surface area contributed by atoms with Gasteiger partial charge in [-0.25, -0.2) is 4.79 Å². The molecule has 3 aromatic rings. The molecule has 1 aromatic carbocycles. The number of benzene rings is 1. The fourth-order valence-corrected chi connectivity index (χ4v) is 4.11. The van der Waals surface area contributed by atoms with Crippen LogP contribution in [0.15, 0.2) is 35.1 Å². The molecule has 0 aliphatic rings. The number of ketones is 1. The molecule has 0 N–H and O–H groups in total. The van der Waals surface area contributed by atoms with Gasteiger partial charge >= 0.3 is 11.7 Å². The Morgan fingerprint density at radius 2 is 1.78 bits per heavy atom. The molecule has 0 amide bonds. The average molecular weight is 386 g/mol. The largest absolute Gasteiger partial charge is 0.456 e. The lowest BCUT2D eigenvalue weighted by Gasteiger charge is -2.05. The Hall–Kier alpha value is -2.67. The lowest BCUT2D eigenvalue weighted by Crippen LogP contribution is -2.28. The SMILES string of the molecule is CCCn1c(=O)n(CC(=O)OCC(=O)c2cc(C)sc2C)c2ccccc21. The second-order valence-corrected chi connectivity index (χ2v) is 7.88. The third-order valence-corrected chi connectivity index (χ3v) is 5.33. The second kappa shape index (κ2) is 7.92. The van der Waals surface area contributed by atoms with Crippen LogP contribution in [0.5, 0.6) is 0 Å². The summed E-state index contributed by atoms with van der Waals surface area (Å²) in [5.74, 6) is -0.833. The first kappa shape index (κ1) is 19.1. The number of fused-ring (bicyclic) bond motifs is 1. The maximum absolute atomic E-state index is 12.7. The average Bonchev–Trinajstić information content (AvgIpc) is 3.11. The molecule has 0 radical (unpaired) electrons. The monoisotopic (exact) mass is 386 g/mol. The Balaban J connectivity index is 1.75. The Morgan fingerprint density at radius 1 is 1.11 bits per heavy atom. The molecule has 2 heterocycles. The molecule has 6 nitrogen and oxygen atoms in total. The van der Waals surface area contributed by atoms with Crippen molar-refractivity contribution in [3.8, 4) is 0 Å². The van der Waals surface area contributed by atoms with E-state index in [-0.39, 0.29) is 24.6 Å². The van der Waals surface area contributed by atoms with E-state index in [1.54, 1.807) is 16.7 Å². The van der Waals surface area contributed by atoms with E-state index in [1.807, 2.05) is 39.0 Å². The first-order chi connectivity index (χ1) is 12.9. The third kappa shape index (κ3) is 3.88. The Kier molecular flexibility index (Phi) is 5.60. The smallest absolute Gasteiger partial charge is 0.329 e. The predicted octanol–water partition coefficient (Wildman–Crippen LogP) is 3.32. The molecule has 0 saturated carbocycles. The highest BCUT2D eigenvalue weighted by atomic mass is 32.1. The van der Waals surface area contributed by atoms with Gasteiger partial charge in [0.25, 0.3) is 0 Å². The number of carbonyl (C=O) groups is 2. The van der Waals surface area contributed by atoms with Gasteiger partial charge in [0.1, 0.15) is 6.54 Å². The summed E-state index contributed by atoms with van der Waals surface area (Å²) >= 11 is 1.54. The fourth-order valence-electron chi connectivity index (χ4n) is 3.17. The number of thiophene rings is 1. The number of rotatable bonds is 7. The van der Waals surface area contributed by atoms with Crippen molar-refractivity contribution in [2.75, 3.05) is 6.61 Å². The summed E-state index contributed by atoms with van der Waals surface area (Å²) in [5.41, 5.74) is 1.81. The molecular formula is C20H22N2O4S. The summed E-state index contributed by atoms with van der Waals surface area (Å²) in [6.07, 6.45) is 0.812. The minimum atomic E-state index is -0.602. The summed E-state index contributed by atoms with van der Waals surface area (Å²) < 4.78 is 8.21. The van der Waals surface area contributed by atoms with Gasteiger partial charge in [-0.2, -0.15) is 0 Å². The standard InChI is InChI=1S/C20H22N2O4S/c1-4-9-21-16-7-5-6-8-17(16)22(20(21)25)11-19(24)26-12-18(23)15-10-13(2)27-14(15)3/h5-8,10H,4,9,11-12H2,1-3H3. The molecule has 0 unspecified atom stereocenters. The number of imidazole rings is 1. The van der Waals surface area contributed by atoms with E-state index >= 15 is 0 Å². The Morgan fingerprint density at radius 3 is 2.37 bits per heavy atom. The van der Waals surface area contributed by atoms with Crippen LogP contribution >= 0.6 is 11.3 Å². The first-order valence-corrected chi connectivity index (χ1v) is 9.68. The van der Waals surface area contributed by atoms with E-state index in [0.29, 0.717) is 17.6 Å². The van der Waals surface area contributed by atoms with Crippen LogP contribution < -0.4 is 5.69 Å². The van der Waals surface area contributed by atoms with Crippen LogP contribution in [0.25, 0.3) is 11.0 Å². The summed E-state index contributed by atoms with van der Waals surface area (Å²) in [6.45, 7) is 5.83. The summed E-state index contributed by atoms with van der Waals surface area (Å²) in [7, 11) is 0. The molecule has 0 atom stereocenters. The first-order valence-electron chi connectivity index (χ1n) is 8.86. The van der Waals surface area contributed by atoms with Crippen molar-refractivity contribution in [3.05, 3.63) is 56.1 Å². The maximum Gasteiger partial charge on any atom is 0.329 e. The van der Waals surface area contributed by atoms with E-state index in [4.69, 9.17) is 4.74 Å². The second-order valence-electron chi connectivity index (χ2n) is 6.42. The van der Waals surface area contributed by atoms with Crippen molar-refractivity contribution in [2.24, 2.45) is 0 Å². The molecule has 0 aliphatic carbocycles. The van der Waals surface area contributed by atoms with Crippen molar-refractivity contribution in [1.29, 1.82) is 0 Å². The van der Waals surface area contributed by atoms with Crippen molar-refractivity contribution in [1.82, 2.24) is 9.13 Å². The zero-order chi connectivity index (χ0) is 19.6. The highest BCUT2D eigenvalue weighted by Gasteiger charge is 2.18. The number of nitrogens with zero attached hydrogens (tertiary/aromatic N) is 2. The zero-order valence-electron chi connectivity index (χ0n) is 15.7. The van der Waals surface area contributed by atoms with Crippen LogP contribution in [-0.4, -0.2) is 27.5 Å². The summed E-state index contributed by atoms with van der Waals surface area (Å²) in [6, 6.07) is 9.16. The van der Waals surface area contributed by atoms with Gasteiger partial charge in [-0.15, -0.1) is 11.3 Å². The highest BCUT2D eigenvalue weighted by molar-refractivity contribution is 7.12. The van der Waals surface area contributed by atoms with Gasteiger partial charge in [0.2, 0.25) is 5.78 Å². The molecule has 0 saturated heterocycles. The molecule has 3 rings (SSSR count). The fraction of sp³-hybridized carbons (Fsp3) is 0.350. The van der Waals surface area contributed by atoms with Crippen molar-refractivity contribution in [2.45, 2.75) is 40.3 Å². The van der Waals surface area contributed by atoms with Crippen LogP contribution in [0.4, 0.5) is 0 Å². The number of hydrogen-bond donors (Lipinski definition) is 0. The van der Waals surface area contributed by atoms with E-state index in [0.717, 1.165) is 21.7 Å². The lowest BCUT2D eigenvalue weighted by atomic mass is 10.2. The number of aromatic nitrogens is 2. The Bertz CT molecular complexity index is 1060. The normalized spacial score (nSPS) is 11.1. The maximum atomic E-state index is 12.7. The number of esters is 1. The number of aryl methyl sites for hydroxylation is 3. The van der Waals surface area contributed by atoms with Gasteiger partial charge in [0, 0.05) is 21.9 Å². The molecule has 142 valence electrons. The van der Waals surface area contributed by atoms with E-state index in [2.05, 4.69) is 0 Å². The van der Waals surface area contributed by atoms with E-state index in [9.17, 15) is 14.4 Å². The predicted molar refractivity (Wildman–Crippen MR) is 106 cm³/mol. The summed E-state index contributed by atoms with van der Waals surface area (Å²) in [4.78, 5) is 39.1. The number of hydrogen-bond acceptors (Lipinski definition) is 5. The quantitative estimate of drug-likeness (QED) is 0.461. The molecule has 7 heteroatoms. The number of ether oxygens (including phenoxy) is 1. The zero-order valence-corrected chi connectivity index (χ0v) is 16.5. The molecule has 2 aromatic heterocycles. The van der Waals surface area contributed by atoms with Crippen LogP contribution in [0, 0.1) is 13.8 Å². The van der Waals surface area contributed by atoms with E-state index in [1.165, 1.54) is 15.9 Å². The van der Waals surface area contributed by atoms with Crippen molar-refractivity contribution in [3.63, 3.8) is 0 Å². The number of Topliss-reactive ketones (excluding diaryl/α,β-unsaturated/α-hetero) is 1. The van der Waals surface area contributed by atoms with Gasteiger partial charge < -0.3 is 4.74 Å². The molecule has 0 fully saturated rings. The highest BCUT2D eigenvalue weighted by Crippen LogP contribution is 2.21. The van der Waals surface area contributed by atoms with Gasteiger partial charge in [-0.1, -0.05) is 19.1 Å². The lowest BCUT2D eigenvalue weighted by molar-refractivity contribution is -0.143. The van der Waals surface area contributed by atoms with Crippen molar-refractivity contribution < 1.29 is 14.3 Å². The molecule has 27 heavy (non-hydrogen) atoms. The van der Waals surface area contributed by atoms with Gasteiger partial charge in [0.05, 0.1) is 11.0 Å². The van der Waals surface area contributed by atoms with Crippen LogP contribution in [0.3, 0.4) is 0 Å². The van der Waals surface area contributed by atoms with Crippen molar-refractivity contribution >= 4 is 34.1 Å². The molecular weight excluding hydrogens is 364 g/mol. The molecule has 0 spiro atoms. The Labute approximate surface area is 161 Å². The topological polar surface area (TPSA) is 70.3 Å². The van der Waals surface area contributed by atoms with Crippen LogP contribution in [0.2, 0.25) is 0 Å². The van der Waals surface area contributed by atoms with Gasteiger partial charge in [-0.3, -0.25) is 18.7 Å². The van der Waals surface area contributed by atoms with Gasteiger partial charge in [0.15, 0.2) is 6.61 Å². The summed E-state index contributed by atoms with van der Waals surface area (Å²) in [5, 5.41) is 0. The minimum absolute atomic E-state index is 0.217. The van der Waals surface area contributed by atoms with Crippen LogP contribution in [0.1, 0.15) is 33.5 Å². The van der Waals surface area contributed by atoms with Gasteiger partial charge in [-0.05, 0) is 38.5 Å². The minimum Gasteiger partial charge on any atom is -0.456 e. The number of para-hydroxylation sites is 2. The molecule has 0 bridgehead atoms. The van der Waals surface area contributed by atoms with E-state index < -0.39 is 5.97 Å².